The van der Waals surface area contributed by atoms with E-state index in [4.69, 9.17) is 0 Å². The lowest BCUT2D eigenvalue weighted by Gasteiger charge is -2.35. The zero-order chi connectivity index (χ0) is 19.8. The summed E-state index contributed by atoms with van der Waals surface area (Å²) in [7, 11) is -8.13. The molecule has 0 amide bonds. The molecule has 9 heteroatoms. The van der Waals surface area contributed by atoms with Crippen molar-refractivity contribution in [2.24, 2.45) is 5.92 Å². The number of hydrogen-bond acceptors (Lipinski definition) is 3. The fourth-order valence-electron chi connectivity index (χ4n) is 3.23. The fraction of sp³-hybridized carbons (Fsp3) is 0.941. The second-order valence-corrected chi connectivity index (χ2v) is 12.2. The smallest absolute Gasteiger partial charge is 0.298 e. The summed E-state index contributed by atoms with van der Waals surface area (Å²) in [6, 6.07) is 0. The van der Waals surface area contributed by atoms with E-state index < -0.39 is 25.9 Å². The number of ketones is 1. The number of carbonyl (C=O) groups excluding carboxylic acids is 1. The zero-order valence-corrected chi connectivity index (χ0v) is 17.3. The van der Waals surface area contributed by atoms with Crippen LogP contribution in [-0.4, -0.2) is 40.6 Å². The van der Waals surface area contributed by atoms with Crippen molar-refractivity contribution in [2.75, 3.05) is 17.3 Å². The van der Waals surface area contributed by atoms with Crippen LogP contribution in [-0.2, 0) is 14.9 Å². The first-order valence-electron chi connectivity index (χ1n) is 9.41. The highest BCUT2D eigenvalue weighted by atomic mass is 32.3. The monoisotopic (exact) mass is 421 g/mol. The molecule has 156 valence electrons. The van der Waals surface area contributed by atoms with Gasteiger partial charge in [0.2, 0.25) is 0 Å². The van der Waals surface area contributed by atoms with E-state index in [-0.39, 0.29) is 29.0 Å². The summed E-state index contributed by atoms with van der Waals surface area (Å²) in [5, 5.41) is 0. The Labute approximate surface area is 156 Å². The minimum absolute atomic E-state index is 0.0898. The van der Waals surface area contributed by atoms with Crippen LogP contribution < -0.4 is 0 Å². The minimum atomic E-state index is -5.58. The van der Waals surface area contributed by atoms with Crippen molar-refractivity contribution < 1.29 is 30.0 Å². The SMILES string of the molecule is CCCCS(CCCC)(CC(=O)C1CCCCC1)[OH+]S(=O)(=O)C(F)(F)F. The van der Waals surface area contributed by atoms with Gasteiger partial charge in [0, 0.05) is 17.4 Å². The van der Waals surface area contributed by atoms with Crippen LogP contribution in [0.2, 0.25) is 0 Å². The number of alkyl halides is 3. The van der Waals surface area contributed by atoms with Gasteiger partial charge in [0.1, 0.15) is 0 Å². The van der Waals surface area contributed by atoms with Gasteiger partial charge in [-0.2, -0.15) is 13.2 Å². The molecule has 0 heterocycles. The van der Waals surface area contributed by atoms with E-state index in [0.717, 1.165) is 44.9 Å². The molecule has 0 aromatic heterocycles. The Kier molecular flexibility index (Phi) is 9.43. The molecular weight excluding hydrogens is 389 g/mol. The summed E-state index contributed by atoms with van der Waals surface area (Å²) in [6.45, 7) is 3.79. The van der Waals surface area contributed by atoms with Crippen molar-refractivity contribution in [3.05, 3.63) is 0 Å². The highest BCUT2D eigenvalue weighted by molar-refractivity contribution is 8.32. The number of rotatable bonds is 11. The lowest BCUT2D eigenvalue weighted by atomic mass is 9.87. The van der Waals surface area contributed by atoms with Crippen LogP contribution in [0.25, 0.3) is 0 Å². The Balaban J connectivity index is 3.08. The molecule has 0 unspecified atom stereocenters. The molecule has 1 rings (SSSR count). The van der Waals surface area contributed by atoms with E-state index in [1.165, 1.54) is 0 Å². The predicted octanol–water partition coefficient (Wildman–Crippen LogP) is 5.40. The lowest BCUT2D eigenvalue weighted by molar-refractivity contribution is -0.121. The van der Waals surface area contributed by atoms with Crippen LogP contribution in [0, 0.1) is 5.92 Å². The van der Waals surface area contributed by atoms with Crippen LogP contribution in [0.1, 0.15) is 71.6 Å². The van der Waals surface area contributed by atoms with Gasteiger partial charge in [0.05, 0.1) is 5.75 Å². The Morgan fingerprint density at radius 2 is 1.50 bits per heavy atom. The quantitative estimate of drug-likeness (QED) is 0.255. The Morgan fingerprint density at radius 3 is 1.92 bits per heavy atom. The third-order valence-electron chi connectivity index (χ3n) is 4.78. The van der Waals surface area contributed by atoms with Gasteiger partial charge >= 0.3 is 15.6 Å². The van der Waals surface area contributed by atoms with Crippen molar-refractivity contribution in [1.29, 1.82) is 0 Å². The molecule has 1 aliphatic rings. The number of hydrogen-bond donors (Lipinski definition) is 0. The highest BCUT2D eigenvalue weighted by Crippen LogP contribution is 2.52. The highest BCUT2D eigenvalue weighted by Gasteiger charge is 2.56. The molecular formula is C17H32F3O4S2+. The van der Waals surface area contributed by atoms with E-state index >= 15 is 0 Å². The molecule has 0 radical (unpaired) electrons. The summed E-state index contributed by atoms with van der Waals surface area (Å²) < 4.78 is 65.8. The second kappa shape index (κ2) is 10.3. The predicted molar refractivity (Wildman–Crippen MR) is 101 cm³/mol. The molecule has 4 nitrogen and oxygen atoms in total. The summed E-state index contributed by atoms with van der Waals surface area (Å²) in [6.07, 6.45) is 7.06. The molecule has 0 aliphatic heterocycles. The minimum Gasteiger partial charge on any atom is -0.298 e. The summed E-state index contributed by atoms with van der Waals surface area (Å²) in [5.74, 6) is 0.192. The second-order valence-electron chi connectivity index (χ2n) is 7.06. The van der Waals surface area contributed by atoms with Crippen LogP contribution in [0.15, 0.2) is 0 Å². The Hall–Kier alpha value is -0.280. The third kappa shape index (κ3) is 7.03. The van der Waals surface area contributed by atoms with E-state index in [0.29, 0.717) is 12.8 Å². The summed E-state index contributed by atoms with van der Waals surface area (Å²) in [5.41, 5.74) is -5.41. The molecule has 0 saturated heterocycles. The van der Waals surface area contributed by atoms with Crippen molar-refractivity contribution in [3.63, 3.8) is 0 Å². The molecule has 0 bridgehead atoms. The Morgan fingerprint density at radius 1 is 1.00 bits per heavy atom. The molecule has 26 heavy (non-hydrogen) atoms. The van der Waals surface area contributed by atoms with Gasteiger partial charge in [0.15, 0.2) is 5.78 Å². The standard InChI is InChI=1S/C17H31F3O4S2/c1-3-5-12-25(13-6-4-2,24-26(22,23)17(18,19)20)14-16(21)15-10-8-7-9-11-15/h15H,3-14H2,1-2H3/p+1. The van der Waals surface area contributed by atoms with Crippen molar-refractivity contribution in [1.82, 2.24) is 0 Å². The maximum Gasteiger partial charge on any atom is 0.572 e. The number of carbonyl (C=O) groups is 1. The fourth-order valence-corrected chi connectivity index (χ4v) is 8.95. The van der Waals surface area contributed by atoms with Crippen LogP contribution in [0.5, 0.6) is 0 Å². The summed E-state index contributed by atoms with van der Waals surface area (Å²) >= 11 is 0. The maximum absolute atomic E-state index is 12.9. The van der Waals surface area contributed by atoms with E-state index in [9.17, 15) is 26.4 Å². The van der Waals surface area contributed by atoms with E-state index in [1.54, 1.807) is 0 Å². The van der Waals surface area contributed by atoms with Gasteiger partial charge in [0.25, 0.3) is 0 Å². The molecule has 1 N–H and O–H groups in total. The van der Waals surface area contributed by atoms with Crippen LogP contribution in [0.4, 0.5) is 13.2 Å². The first kappa shape index (κ1) is 23.8. The topological polar surface area (TPSA) is 64.0 Å². The average molecular weight is 422 g/mol. The lowest BCUT2D eigenvalue weighted by Crippen LogP contribution is -2.36. The summed E-state index contributed by atoms with van der Waals surface area (Å²) in [4.78, 5) is 12.8. The average Bonchev–Trinajstić information content (AvgIpc) is 2.57. The zero-order valence-electron chi connectivity index (χ0n) is 15.7. The number of Topliss-reactive ketones (excluding diaryl/α,β-unsaturated/α-hetero) is 1. The number of halogens is 3. The first-order valence-corrected chi connectivity index (χ1v) is 12.9. The van der Waals surface area contributed by atoms with Gasteiger partial charge in [-0.3, -0.25) is 8.42 Å². The van der Waals surface area contributed by atoms with Crippen LogP contribution >= 0.6 is 10.3 Å². The van der Waals surface area contributed by atoms with Gasteiger partial charge < -0.3 is 0 Å². The van der Waals surface area contributed by atoms with Crippen LogP contribution in [0.3, 0.4) is 0 Å². The molecule has 1 aliphatic carbocycles. The molecule has 0 aromatic rings. The van der Waals surface area contributed by atoms with E-state index in [1.807, 2.05) is 13.8 Å². The van der Waals surface area contributed by atoms with Gasteiger partial charge in [-0.05, 0) is 36.0 Å². The van der Waals surface area contributed by atoms with Gasteiger partial charge in [-0.15, -0.1) is 8.42 Å². The number of unbranched alkanes of at least 4 members (excludes halogenated alkanes) is 2. The first-order chi connectivity index (χ1) is 12.1. The van der Waals surface area contributed by atoms with Gasteiger partial charge in [-0.25, -0.2) is 0 Å². The normalized spacial score (nSPS) is 18.0. The largest absolute Gasteiger partial charge is 0.572 e. The van der Waals surface area contributed by atoms with Crippen molar-refractivity contribution in [3.8, 4) is 0 Å². The van der Waals surface area contributed by atoms with Gasteiger partial charge in [-0.1, -0.05) is 46.0 Å². The van der Waals surface area contributed by atoms with Crippen molar-refractivity contribution >= 4 is 26.2 Å². The molecule has 1 saturated carbocycles. The molecule has 0 aromatic carbocycles. The molecule has 0 spiro atoms. The van der Waals surface area contributed by atoms with Crippen molar-refractivity contribution in [2.45, 2.75) is 77.1 Å². The maximum atomic E-state index is 12.9. The molecule has 1 fully saturated rings. The Bertz CT molecular complexity index is 533. The molecule has 0 atom stereocenters. The third-order valence-corrected chi connectivity index (χ3v) is 10.3. The van der Waals surface area contributed by atoms with E-state index in [2.05, 4.69) is 3.63 Å².